The van der Waals surface area contributed by atoms with Crippen LogP contribution >= 0.6 is 11.6 Å². The lowest BCUT2D eigenvalue weighted by Gasteiger charge is -2.19. The summed E-state index contributed by atoms with van der Waals surface area (Å²) in [5.74, 6) is 1.31. The molecule has 0 amide bonds. The second-order valence-corrected chi connectivity index (χ2v) is 4.92. The van der Waals surface area contributed by atoms with Crippen LogP contribution in [0.4, 0.5) is 11.8 Å². The number of halogens is 1. The summed E-state index contributed by atoms with van der Waals surface area (Å²) in [4.78, 5) is 14.7. The molecule has 0 saturated heterocycles. The Morgan fingerprint density at radius 1 is 1.35 bits per heavy atom. The van der Waals surface area contributed by atoms with Gasteiger partial charge in [0.25, 0.3) is 0 Å². The molecule has 0 spiro atoms. The van der Waals surface area contributed by atoms with E-state index in [2.05, 4.69) is 27.2 Å². The van der Waals surface area contributed by atoms with Crippen LogP contribution in [0.1, 0.15) is 18.9 Å². The molecule has 0 atom stereocenters. The Labute approximate surface area is 124 Å². The Morgan fingerprint density at radius 2 is 2.20 bits per heavy atom. The van der Waals surface area contributed by atoms with Crippen molar-refractivity contribution in [1.82, 2.24) is 15.0 Å². The zero-order chi connectivity index (χ0) is 14.4. The highest BCUT2D eigenvalue weighted by Crippen LogP contribution is 2.23. The molecule has 0 unspecified atom stereocenters. The predicted molar refractivity (Wildman–Crippen MR) is 82.2 cm³/mol. The van der Waals surface area contributed by atoms with Gasteiger partial charge in [-0.1, -0.05) is 24.6 Å². The first-order valence-corrected chi connectivity index (χ1v) is 6.95. The number of hydrogen-bond donors (Lipinski definition) is 1. The van der Waals surface area contributed by atoms with E-state index in [1.807, 2.05) is 30.3 Å². The van der Waals surface area contributed by atoms with E-state index in [-0.39, 0.29) is 0 Å². The first-order valence-electron chi connectivity index (χ1n) is 6.57. The topological polar surface area (TPSA) is 53.9 Å². The molecule has 0 saturated carbocycles. The molecule has 0 fully saturated rings. The van der Waals surface area contributed by atoms with Crippen molar-refractivity contribution >= 4 is 23.4 Å². The summed E-state index contributed by atoms with van der Waals surface area (Å²) >= 11 is 6.18. The molecule has 2 heterocycles. The van der Waals surface area contributed by atoms with Crippen LogP contribution in [0.25, 0.3) is 0 Å². The van der Waals surface area contributed by atoms with E-state index in [1.54, 1.807) is 12.4 Å². The zero-order valence-electron chi connectivity index (χ0n) is 11.7. The normalized spacial score (nSPS) is 10.3. The third kappa shape index (κ3) is 3.81. The second-order valence-electron chi connectivity index (χ2n) is 4.51. The monoisotopic (exact) mass is 291 g/mol. The molecule has 2 aromatic heterocycles. The fourth-order valence-corrected chi connectivity index (χ4v) is 2.02. The van der Waals surface area contributed by atoms with Gasteiger partial charge >= 0.3 is 0 Å². The third-order valence-corrected chi connectivity index (χ3v) is 3.03. The number of pyridine rings is 1. The SMILES string of the molecule is CCCNc1ncc(Cl)c(N(C)Cc2cccnc2)n1. The number of nitrogens with one attached hydrogen (secondary N) is 1. The Bertz CT molecular complexity index is 547. The average molecular weight is 292 g/mol. The molecular formula is C14H18ClN5. The lowest BCUT2D eigenvalue weighted by molar-refractivity contribution is 0.880. The molecule has 0 bridgehead atoms. The maximum absolute atomic E-state index is 6.18. The molecule has 106 valence electrons. The number of hydrogen-bond acceptors (Lipinski definition) is 5. The van der Waals surface area contributed by atoms with Crippen molar-refractivity contribution in [2.45, 2.75) is 19.9 Å². The van der Waals surface area contributed by atoms with Crippen molar-refractivity contribution in [3.8, 4) is 0 Å². The minimum absolute atomic E-state index is 0.540. The van der Waals surface area contributed by atoms with Gasteiger partial charge in [-0.25, -0.2) is 4.98 Å². The molecule has 0 aliphatic heterocycles. The van der Waals surface area contributed by atoms with Gasteiger partial charge in [-0.05, 0) is 18.1 Å². The summed E-state index contributed by atoms with van der Waals surface area (Å²) in [6, 6.07) is 3.94. The van der Waals surface area contributed by atoms with Crippen molar-refractivity contribution in [2.24, 2.45) is 0 Å². The van der Waals surface area contributed by atoms with Crippen LogP contribution < -0.4 is 10.2 Å². The summed E-state index contributed by atoms with van der Waals surface area (Å²) < 4.78 is 0. The van der Waals surface area contributed by atoms with Crippen molar-refractivity contribution in [3.05, 3.63) is 41.3 Å². The van der Waals surface area contributed by atoms with Crippen LogP contribution in [0.2, 0.25) is 5.02 Å². The molecule has 20 heavy (non-hydrogen) atoms. The van der Waals surface area contributed by atoms with Gasteiger partial charge in [-0.2, -0.15) is 4.98 Å². The first-order chi connectivity index (χ1) is 9.70. The van der Waals surface area contributed by atoms with E-state index >= 15 is 0 Å². The highest BCUT2D eigenvalue weighted by Gasteiger charge is 2.10. The molecule has 2 aromatic rings. The van der Waals surface area contributed by atoms with E-state index in [0.29, 0.717) is 23.3 Å². The van der Waals surface area contributed by atoms with Gasteiger partial charge in [0.2, 0.25) is 5.95 Å². The number of nitrogens with zero attached hydrogens (tertiary/aromatic N) is 4. The maximum Gasteiger partial charge on any atom is 0.224 e. The Kier molecular flexibility index (Phi) is 5.12. The van der Waals surface area contributed by atoms with Gasteiger partial charge in [0.1, 0.15) is 5.02 Å². The Hall–Kier alpha value is -1.88. The van der Waals surface area contributed by atoms with Gasteiger partial charge in [0, 0.05) is 32.5 Å². The maximum atomic E-state index is 6.18. The van der Waals surface area contributed by atoms with Crippen LogP contribution in [0, 0.1) is 0 Å². The molecule has 2 rings (SSSR count). The fourth-order valence-electron chi connectivity index (χ4n) is 1.79. The summed E-state index contributed by atoms with van der Waals surface area (Å²) in [5, 5.41) is 3.70. The van der Waals surface area contributed by atoms with Gasteiger partial charge in [0.15, 0.2) is 5.82 Å². The number of anilines is 2. The predicted octanol–water partition coefficient (Wildman–Crippen LogP) is 2.98. The first kappa shape index (κ1) is 14.5. The van der Waals surface area contributed by atoms with E-state index in [0.717, 1.165) is 18.5 Å². The summed E-state index contributed by atoms with van der Waals surface area (Å²) in [6.07, 6.45) is 6.24. The van der Waals surface area contributed by atoms with Gasteiger partial charge in [0.05, 0.1) is 6.20 Å². The van der Waals surface area contributed by atoms with E-state index < -0.39 is 0 Å². The quantitative estimate of drug-likeness (QED) is 0.887. The third-order valence-electron chi connectivity index (χ3n) is 2.76. The van der Waals surface area contributed by atoms with Crippen LogP contribution in [0.3, 0.4) is 0 Å². The highest BCUT2D eigenvalue weighted by atomic mass is 35.5. The summed E-state index contributed by atoms with van der Waals surface area (Å²) in [6.45, 7) is 3.63. The largest absolute Gasteiger partial charge is 0.354 e. The minimum Gasteiger partial charge on any atom is -0.354 e. The molecule has 0 aliphatic rings. The smallest absolute Gasteiger partial charge is 0.224 e. The van der Waals surface area contributed by atoms with Gasteiger partial charge in [-0.3, -0.25) is 4.98 Å². The van der Waals surface area contributed by atoms with Crippen molar-refractivity contribution < 1.29 is 0 Å². The Balaban J connectivity index is 2.13. The minimum atomic E-state index is 0.540. The lowest BCUT2D eigenvalue weighted by atomic mass is 10.3. The summed E-state index contributed by atoms with van der Waals surface area (Å²) in [5.41, 5.74) is 1.10. The van der Waals surface area contributed by atoms with Gasteiger partial charge in [-0.15, -0.1) is 0 Å². The van der Waals surface area contributed by atoms with Gasteiger partial charge < -0.3 is 10.2 Å². The molecule has 0 aromatic carbocycles. The highest BCUT2D eigenvalue weighted by molar-refractivity contribution is 6.32. The van der Waals surface area contributed by atoms with E-state index in [1.165, 1.54) is 0 Å². The van der Waals surface area contributed by atoms with Crippen molar-refractivity contribution in [3.63, 3.8) is 0 Å². The standard InChI is InChI=1S/C14H18ClN5/c1-3-6-17-14-18-9-12(15)13(19-14)20(2)10-11-5-4-7-16-8-11/h4-5,7-9H,3,6,10H2,1-2H3,(H,17,18,19). The molecule has 1 N–H and O–H groups in total. The fraction of sp³-hybridized carbons (Fsp3) is 0.357. The van der Waals surface area contributed by atoms with Crippen molar-refractivity contribution in [1.29, 1.82) is 0 Å². The summed E-state index contributed by atoms with van der Waals surface area (Å²) in [7, 11) is 1.95. The van der Waals surface area contributed by atoms with Crippen LogP contribution in [0.15, 0.2) is 30.7 Å². The van der Waals surface area contributed by atoms with Crippen molar-refractivity contribution in [2.75, 3.05) is 23.8 Å². The number of rotatable bonds is 6. The van der Waals surface area contributed by atoms with E-state index in [4.69, 9.17) is 11.6 Å². The lowest BCUT2D eigenvalue weighted by Crippen LogP contribution is -2.19. The van der Waals surface area contributed by atoms with Crippen LogP contribution in [-0.4, -0.2) is 28.5 Å². The molecule has 5 nitrogen and oxygen atoms in total. The molecule has 0 radical (unpaired) electrons. The average Bonchev–Trinajstić information content (AvgIpc) is 2.47. The second kappa shape index (κ2) is 7.05. The molecular weight excluding hydrogens is 274 g/mol. The molecule has 0 aliphatic carbocycles. The molecule has 6 heteroatoms. The van der Waals surface area contributed by atoms with Crippen LogP contribution in [0.5, 0.6) is 0 Å². The zero-order valence-corrected chi connectivity index (χ0v) is 12.4. The Morgan fingerprint density at radius 3 is 2.90 bits per heavy atom. The number of aromatic nitrogens is 3. The van der Waals surface area contributed by atoms with Crippen LogP contribution in [-0.2, 0) is 6.54 Å². The van der Waals surface area contributed by atoms with E-state index in [9.17, 15) is 0 Å².